The molecule has 0 amide bonds. The van der Waals surface area contributed by atoms with Gasteiger partial charge in [0.05, 0.1) is 0 Å². The Labute approximate surface area is 93.1 Å². The van der Waals surface area contributed by atoms with Gasteiger partial charge in [-0.25, -0.2) is 0 Å². The Hall–Kier alpha value is -0.0231. The molecule has 0 fully saturated rings. The predicted octanol–water partition coefficient (Wildman–Crippen LogP) is 3.55. The molecule has 0 rings (SSSR count). The molecule has 0 radical (unpaired) electrons. The van der Waals surface area contributed by atoms with E-state index >= 15 is 0 Å². The lowest BCUT2D eigenvalue weighted by atomic mass is 10.2. The highest BCUT2D eigenvalue weighted by Gasteiger charge is 2.37. The molecular formula is C10H21ClO2Si. The van der Waals surface area contributed by atoms with Crippen LogP contribution in [0.4, 0.5) is 0 Å². The summed E-state index contributed by atoms with van der Waals surface area (Å²) < 4.78 is 5.62. The van der Waals surface area contributed by atoms with E-state index in [2.05, 4.69) is 20.8 Å². The molecule has 0 bridgehead atoms. The third-order valence-electron chi connectivity index (χ3n) is 2.73. The molecule has 0 spiro atoms. The fourth-order valence-corrected chi connectivity index (χ4v) is 3.97. The van der Waals surface area contributed by atoms with Gasteiger partial charge in [-0.2, -0.15) is 0 Å². The van der Waals surface area contributed by atoms with E-state index in [1.807, 2.05) is 0 Å². The maximum absolute atomic E-state index is 11.6. The molecule has 0 aromatic rings. The Kier molecular flexibility index (Phi) is 5.16. The first-order valence-electron chi connectivity index (χ1n) is 5.23. The van der Waals surface area contributed by atoms with E-state index in [9.17, 15) is 4.79 Å². The van der Waals surface area contributed by atoms with E-state index in [4.69, 9.17) is 16.0 Å². The van der Waals surface area contributed by atoms with E-state index in [-0.39, 0.29) is 5.97 Å². The lowest BCUT2D eigenvalue weighted by Gasteiger charge is -2.30. The second kappa shape index (κ2) is 5.17. The van der Waals surface area contributed by atoms with Crippen LogP contribution in [0.3, 0.4) is 0 Å². The minimum absolute atomic E-state index is 0.267. The van der Waals surface area contributed by atoms with E-state index in [1.165, 1.54) is 0 Å². The van der Waals surface area contributed by atoms with Crippen LogP contribution in [0.5, 0.6) is 0 Å². The summed E-state index contributed by atoms with van der Waals surface area (Å²) in [5.74, 6) is -0.267. The van der Waals surface area contributed by atoms with E-state index in [1.54, 1.807) is 13.8 Å². The molecule has 0 aliphatic carbocycles. The lowest BCUT2D eigenvalue weighted by Crippen LogP contribution is -2.43. The van der Waals surface area contributed by atoms with Gasteiger partial charge in [0.2, 0.25) is 0 Å². The van der Waals surface area contributed by atoms with Crippen LogP contribution in [0.25, 0.3) is 0 Å². The van der Waals surface area contributed by atoms with Gasteiger partial charge in [0.1, 0.15) is 4.87 Å². The summed E-state index contributed by atoms with van der Waals surface area (Å²) in [6.07, 6.45) is 0. The number of hydrogen-bond acceptors (Lipinski definition) is 2. The zero-order valence-electron chi connectivity index (χ0n) is 9.82. The smallest absolute Gasteiger partial charge is 0.313 e. The van der Waals surface area contributed by atoms with Crippen LogP contribution < -0.4 is 0 Å². The highest BCUT2D eigenvalue weighted by molar-refractivity contribution is 6.75. The molecule has 4 heteroatoms. The molecule has 0 aliphatic rings. The van der Waals surface area contributed by atoms with Gasteiger partial charge in [0.15, 0.2) is 0 Å². The maximum atomic E-state index is 11.6. The Balaban J connectivity index is 4.54. The first-order chi connectivity index (χ1) is 6.31. The van der Waals surface area contributed by atoms with Crippen LogP contribution in [0.15, 0.2) is 0 Å². The zero-order chi connectivity index (χ0) is 11.4. The largest absolute Gasteiger partial charge is 0.518 e. The molecule has 0 aromatic heterocycles. The van der Waals surface area contributed by atoms with Crippen molar-refractivity contribution in [2.75, 3.05) is 0 Å². The van der Waals surface area contributed by atoms with Gasteiger partial charge in [-0.1, -0.05) is 20.8 Å². The average molecular weight is 237 g/mol. The molecular weight excluding hydrogens is 216 g/mol. The van der Waals surface area contributed by atoms with Gasteiger partial charge in [-0.05, 0) is 32.0 Å². The van der Waals surface area contributed by atoms with Crippen molar-refractivity contribution in [2.24, 2.45) is 0 Å². The number of alkyl halides is 1. The van der Waals surface area contributed by atoms with Crippen molar-refractivity contribution >= 4 is 25.9 Å². The van der Waals surface area contributed by atoms with Crippen LogP contribution in [0.1, 0.15) is 34.6 Å². The number of halogens is 1. The third-order valence-corrected chi connectivity index (χ3v) is 7.37. The molecule has 84 valence electrons. The maximum Gasteiger partial charge on any atom is 0.313 e. The molecule has 0 saturated carbocycles. The van der Waals surface area contributed by atoms with Gasteiger partial charge >= 0.3 is 5.97 Å². The fraction of sp³-hybridized carbons (Fsp3) is 0.900. The van der Waals surface area contributed by atoms with Crippen LogP contribution in [-0.4, -0.2) is 19.2 Å². The number of hydrogen-bond donors (Lipinski definition) is 0. The summed E-state index contributed by atoms with van der Waals surface area (Å²) in [6, 6.07) is 2.91. The molecule has 0 atom stereocenters. The van der Waals surface area contributed by atoms with E-state index in [0.717, 1.165) is 18.1 Å². The summed E-state index contributed by atoms with van der Waals surface area (Å²) in [7, 11) is -1.82. The molecule has 0 aromatic carbocycles. The molecule has 0 N–H and O–H groups in total. The minimum atomic E-state index is -1.82. The lowest BCUT2D eigenvalue weighted by molar-refractivity contribution is -0.137. The first kappa shape index (κ1) is 14.0. The van der Waals surface area contributed by atoms with Crippen molar-refractivity contribution in [2.45, 2.75) is 57.6 Å². The van der Waals surface area contributed by atoms with E-state index < -0.39 is 13.2 Å². The Morgan fingerprint density at radius 2 is 1.57 bits per heavy atom. The summed E-state index contributed by atoms with van der Waals surface area (Å²) in [5, 5.41) is 0. The van der Waals surface area contributed by atoms with Gasteiger partial charge < -0.3 is 4.43 Å². The second-order valence-corrected chi connectivity index (χ2v) is 9.74. The quantitative estimate of drug-likeness (QED) is 0.539. The van der Waals surface area contributed by atoms with Crippen LogP contribution >= 0.6 is 11.6 Å². The zero-order valence-corrected chi connectivity index (χ0v) is 11.6. The van der Waals surface area contributed by atoms with Crippen LogP contribution in [0, 0.1) is 0 Å². The topological polar surface area (TPSA) is 26.3 Å². The average Bonchev–Trinajstić information content (AvgIpc) is 2.12. The highest BCUT2D eigenvalue weighted by Crippen LogP contribution is 2.25. The van der Waals surface area contributed by atoms with Gasteiger partial charge in [-0.15, -0.1) is 11.6 Å². The molecule has 0 aliphatic heterocycles. The van der Waals surface area contributed by atoms with Crippen molar-refractivity contribution in [1.82, 2.24) is 0 Å². The van der Waals surface area contributed by atoms with Crippen LogP contribution in [0.2, 0.25) is 18.1 Å². The highest BCUT2D eigenvalue weighted by atomic mass is 35.5. The summed E-state index contributed by atoms with van der Waals surface area (Å²) in [5.41, 5.74) is 0. The number of carbonyl (C=O) groups is 1. The van der Waals surface area contributed by atoms with Gasteiger partial charge in [0, 0.05) is 0 Å². The van der Waals surface area contributed by atoms with Gasteiger partial charge in [0.25, 0.3) is 8.32 Å². The Morgan fingerprint density at radius 1 is 1.21 bits per heavy atom. The number of carbonyl (C=O) groups excluding carboxylic acids is 1. The molecule has 2 nitrogen and oxygen atoms in total. The van der Waals surface area contributed by atoms with Crippen molar-refractivity contribution in [1.29, 1.82) is 0 Å². The Bertz CT molecular complexity index is 187. The first-order valence-corrected chi connectivity index (χ1v) is 8.14. The monoisotopic (exact) mass is 236 g/mol. The fourth-order valence-electron chi connectivity index (χ4n) is 1.28. The third kappa shape index (κ3) is 3.62. The SMILES string of the molecule is CC[Si](CC)(CC)OC(=O)C(C)(C)Cl. The minimum Gasteiger partial charge on any atom is -0.518 e. The van der Waals surface area contributed by atoms with Crippen molar-refractivity contribution in [3.63, 3.8) is 0 Å². The molecule has 0 unspecified atom stereocenters. The van der Waals surface area contributed by atoms with Crippen molar-refractivity contribution < 1.29 is 9.22 Å². The number of rotatable bonds is 5. The predicted molar refractivity (Wildman–Crippen MR) is 63.2 cm³/mol. The summed E-state index contributed by atoms with van der Waals surface area (Å²) in [6.45, 7) is 9.63. The molecule has 0 heterocycles. The van der Waals surface area contributed by atoms with Crippen LogP contribution in [-0.2, 0) is 9.22 Å². The second-order valence-electron chi connectivity index (χ2n) is 4.11. The normalized spacial score (nSPS) is 12.7. The van der Waals surface area contributed by atoms with Gasteiger partial charge in [-0.3, -0.25) is 4.79 Å². The standard InChI is InChI=1S/C10H21ClO2Si/c1-6-14(7-2,8-3)13-9(12)10(4,5)11/h6-8H2,1-5H3. The Morgan fingerprint density at radius 3 is 1.79 bits per heavy atom. The summed E-state index contributed by atoms with van der Waals surface area (Å²) in [4.78, 5) is 10.7. The van der Waals surface area contributed by atoms with E-state index in [0.29, 0.717) is 0 Å². The van der Waals surface area contributed by atoms with Crippen molar-refractivity contribution in [3.05, 3.63) is 0 Å². The molecule has 14 heavy (non-hydrogen) atoms. The van der Waals surface area contributed by atoms with Crippen molar-refractivity contribution in [3.8, 4) is 0 Å². The summed E-state index contributed by atoms with van der Waals surface area (Å²) >= 11 is 5.91. The molecule has 0 saturated heterocycles.